The first-order valence-corrected chi connectivity index (χ1v) is 8.24. The highest BCUT2D eigenvalue weighted by atomic mass is 35.5. The zero-order chi connectivity index (χ0) is 18.4. The Morgan fingerprint density at radius 1 is 1.44 bits per heavy atom. The minimum Gasteiger partial charge on any atom is -0.387 e. The zero-order valence-electron chi connectivity index (χ0n) is 14.4. The summed E-state index contributed by atoms with van der Waals surface area (Å²) in [5.41, 5.74) is 0.491. The lowest BCUT2D eigenvalue weighted by Gasteiger charge is -2.21. The van der Waals surface area contributed by atoms with Crippen molar-refractivity contribution in [2.45, 2.75) is 50.9 Å². The highest BCUT2D eigenvalue weighted by Gasteiger charge is 2.45. The van der Waals surface area contributed by atoms with Gasteiger partial charge in [0.15, 0.2) is 29.4 Å². The maximum Gasteiger partial charge on any atom is 0.226 e. The minimum atomic E-state index is -1.65. The molecule has 1 aliphatic rings. The molecule has 1 fully saturated rings. The summed E-state index contributed by atoms with van der Waals surface area (Å²) in [6.07, 6.45) is -3.39. The van der Waals surface area contributed by atoms with Crippen LogP contribution >= 0.6 is 11.6 Å². The number of anilines is 1. The summed E-state index contributed by atoms with van der Waals surface area (Å²) >= 11 is 6.02. The van der Waals surface area contributed by atoms with Gasteiger partial charge in [0.1, 0.15) is 12.2 Å². The Morgan fingerprint density at radius 3 is 2.80 bits per heavy atom. The fourth-order valence-electron chi connectivity index (χ4n) is 2.75. The molecule has 0 aliphatic carbocycles. The highest BCUT2D eigenvalue weighted by Crippen LogP contribution is 2.35. The molecule has 25 heavy (non-hydrogen) atoms. The van der Waals surface area contributed by atoms with Gasteiger partial charge in [0.05, 0.1) is 12.9 Å². The SMILES string of the molecule is COC[C@H]1O[C@@H](n2cnc3c(NC(C)(C)C)nc(Cl)nc32)[C@H](F)C1O. The van der Waals surface area contributed by atoms with Crippen LogP contribution in [-0.2, 0) is 9.47 Å². The van der Waals surface area contributed by atoms with Crippen molar-refractivity contribution in [3.8, 4) is 0 Å². The van der Waals surface area contributed by atoms with Gasteiger partial charge in [0, 0.05) is 12.6 Å². The van der Waals surface area contributed by atoms with E-state index < -0.39 is 24.6 Å². The molecule has 2 aromatic rings. The van der Waals surface area contributed by atoms with E-state index in [2.05, 4.69) is 20.3 Å². The first-order chi connectivity index (χ1) is 11.7. The van der Waals surface area contributed by atoms with Crippen LogP contribution < -0.4 is 5.32 Å². The highest BCUT2D eigenvalue weighted by molar-refractivity contribution is 6.28. The number of aliphatic hydroxyl groups excluding tert-OH is 1. The van der Waals surface area contributed by atoms with Crippen LogP contribution in [0.2, 0.25) is 5.28 Å². The van der Waals surface area contributed by atoms with E-state index >= 15 is 0 Å². The van der Waals surface area contributed by atoms with Gasteiger partial charge in [-0.15, -0.1) is 0 Å². The lowest BCUT2D eigenvalue weighted by atomic mass is 10.1. The molecule has 10 heteroatoms. The topological polar surface area (TPSA) is 94.3 Å². The predicted molar refractivity (Wildman–Crippen MR) is 90.4 cm³/mol. The van der Waals surface area contributed by atoms with Crippen LogP contribution in [0, 0.1) is 0 Å². The van der Waals surface area contributed by atoms with Crippen LogP contribution in [0.25, 0.3) is 11.2 Å². The van der Waals surface area contributed by atoms with E-state index in [0.717, 1.165) is 0 Å². The standard InChI is InChI=1S/C15H21ClFN5O3/c1-15(2,3)21-11-9-12(20-14(16)19-11)22(6-18-9)13-8(17)10(23)7(25-13)5-24-4/h6-8,10,13,23H,5H2,1-4H3,(H,19,20,21)/t7-,8-,10?,13-/m1/s1. The molecular formula is C15H21ClFN5O3. The predicted octanol–water partition coefficient (Wildman–Crippen LogP) is 1.93. The molecule has 0 bridgehead atoms. The summed E-state index contributed by atoms with van der Waals surface area (Å²) in [4.78, 5) is 12.6. The Morgan fingerprint density at radius 2 is 2.16 bits per heavy atom. The van der Waals surface area contributed by atoms with E-state index in [9.17, 15) is 9.50 Å². The number of ether oxygens (including phenoxy) is 2. The molecule has 0 amide bonds. The van der Waals surface area contributed by atoms with Crippen molar-refractivity contribution < 1.29 is 19.0 Å². The van der Waals surface area contributed by atoms with Crippen molar-refractivity contribution in [2.24, 2.45) is 0 Å². The van der Waals surface area contributed by atoms with Crippen molar-refractivity contribution in [1.82, 2.24) is 19.5 Å². The van der Waals surface area contributed by atoms with Gasteiger partial charge in [0.25, 0.3) is 0 Å². The third-order valence-electron chi connectivity index (χ3n) is 3.79. The molecule has 0 spiro atoms. The lowest BCUT2D eigenvalue weighted by Crippen LogP contribution is -2.31. The molecule has 0 aromatic carbocycles. The van der Waals surface area contributed by atoms with Crippen LogP contribution in [0.15, 0.2) is 6.33 Å². The molecule has 0 radical (unpaired) electrons. The number of imidazole rings is 1. The van der Waals surface area contributed by atoms with Crippen LogP contribution in [0.1, 0.15) is 27.0 Å². The zero-order valence-corrected chi connectivity index (χ0v) is 15.2. The number of halogens is 2. The molecule has 3 heterocycles. The second-order valence-corrected chi connectivity index (χ2v) is 7.33. The van der Waals surface area contributed by atoms with E-state index in [0.29, 0.717) is 17.0 Å². The van der Waals surface area contributed by atoms with Crippen LogP contribution in [0.3, 0.4) is 0 Å². The van der Waals surface area contributed by atoms with Gasteiger partial charge >= 0.3 is 0 Å². The number of alkyl halides is 1. The third-order valence-corrected chi connectivity index (χ3v) is 3.96. The number of aliphatic hydroxyl groups is 1. The Balaban J connectivity index is 2.01. The van der Waals surface area contributed by atoms with Crippen molar-refractivity contribution >= 4 is 28.6 Å². The quantitative estimate of drug-likeness (QED) is 0.791. The Labute approximate surface area is 149 Å². The van der Waals surface area contributed by atoms with Gasteiger partial charge in [-0.25, -0.2) is 9.37 Å². The maximum absolute atomic E-state index is 14.5. The number of rotatable bonds is 4. The van der Waals surface area contributed by atoms with Gasteiger partial charge < -0.3 is 19.9 Å². The molecular weight excluding hydrogens is 353 g/mol. The summed E-state index contributed by atoms with van der Waals surface area (Å²) in [6, 6.07) is 0. The summed E-state index contributed by atoms with van der Waals surface area (Å²) < 4.78 is 26.5. The maximum atomic E-state index is 14.5. The number of aromatic nitrogens is 4. The van der Waals surface area contributed by atoms with Gasteiger partial charge in [-0.1, -0.05) is 0 Å². The van der Waals surface area contributed by atoms with E-state index in [1.54, 1.807) is 0 Å². The molecule has 138 valence electrons. The normalized spacial score (nSPS) is 27.2. The molecule has 0 saturated carbocycles. The van der Waals surface area contributed by atoms with Crippen molar-refractivity contribution in [1.29, 1.82) is 0 Å². The van der Waals surface area contributed by atoms with E-state index in [-0.39, 0.29) is 17.4 Å². The smallest absolute Gasteiger partial charge is 0.226 e. The van der Waals surface area contributed by atoms with Crippen molar-refractivity contribution in [3.05, 3.63) is 11.6 Å². The molecule has 1 saturated heterocycles. The van der Waals surface area contributed by atoms with Gasteiger partial charge in [0.2, 0.25) is 5.28 Å². The third kappa shape index (κ3) is 3.55. The van der Waals surface area contributed by atoms with E-state index in [1.807, 2.05) is 20.8 Å². The number of hydrogen-bond acceptors (Lipinski definition) is 7. The average Bonchev–Trinajstić information content (AvgIpc) is 3.02. The first-order valence-electron chi connectivity index (χ1n) is 7.86. The molecule has 1 aliphatic heterocycles. The molecule has 2 aromatic heterocycles. The molecule has 1 unspecified atom stereocenters. The van der Waals surface area contributed by atoms with Crippen LogP contribution in [0.5, 0.6) is 0 Å². The summed E-state index contributed by atoms with van der Waals surface area (Å²) in [6.45, 7) is 5.98. The number of methoxy groups -OCH3 is 1. The number of nitrogens with one attached hydrogen (secondary N) is 1. The van der Waals surface area contributed by atoms with E-state index in [4.69, 9.17) is 21.1 Å². The van der Waals surface area contributed by atoms with Crippen LogP contribution in [-0.4, -0.2) is 62.3 Å². The Hall–Kier alpha value is -1.55. The first kappa shape index (κ1) is 18.2. The summed E-state index contributed by atoms with van der Waals surface area (Å²) in [5, 5.41) is 13.2. The average molecular weight is 374 g/mol. The largest absolute Gasteiger partial charge is 0.387 e. The molecule has 2 N–H and O–H groups in total. The summed E-state index contributed by atoms with van der Waals surface area (Å²) in [7, 11) is 1.46. The second-order valence-electron chi connectivity index (χ2n) is 7.00. The molecule has 4 atom stereocenters. The van der Waals surface area contributed by atoms with Gasteiger partial charge in [-0.2, -0.15) is 9.97 Å². The number of fused-ring (bicyclic) bond motifs is 1. The number of nitrogens with zero attached hydrogens (tertiary/aromatic N) is 4. The summed E-state index contributed by atoms with van der Waals surface area (Å²) in [5.74, 6) is 0.448. The van der Waals surface area contributed by atoms with Crippen LogP contribution in [0.4, 0.5) is 10.2 Å². The van der Waals surface area contributed by atoms with Crippen molar-refractivity contribution in [3.63, 3.8) is 0 Å². The Kier molecular flexibility index (Phi) is 4.84. The number of hydrogen-bond donors (Lipinski definition) is 2. The fraction of sp³-hybridized carbons (Fsp3) is 0.667. The fourth-order valence-corrected chi connectivity index (χ4v) is 2.91. The second kappa shape index (κ2) is 6.64. The Bertz CT molecular complexity index is 765. The van der Waals surface area contributed by atoms with Crippen molar-refractivity contribution in [2.75, 3.05) is 19.0 Å². The molecule has 8 nitrogen and oxygen atoms in total. The van der Waals surface area contributed by atoms with Gasteiger partial charge in [-0.3, -0.25) is 4.57 Å². The lowest BCUT2D eigenvalue weighted by molar-refractivity contribution is -0.0543. The monoisotopic (exact) mass is 373 g/mol. The molecule has 3 rings (SSSR count). The minimum absolute atomic E-state index is 0.00314. The van der Waals surface area contributed by atoms with E-state index in [1.165, 1.54) is 18.0 Å². The van der Waals surface area contributed by atoms with Gasteiger partial charge in [-0.05, 0) is 32.4 Å².